The molecule has 0 aromatic carbocycles. The van der Waals surface area contributed by atoms with Crippen LogP contribution < -0.4 is 0 Å². The van der Waals surface area contributed by atoms with Crippen LogP contribution in [0.1, 0.15) is 20.3 Å². The number of ether oxygens (including phenoxy) is 2. The third-order valence-electron chi connectivity index (χ3n) is 1.80. The molecule has 0 bridgehead atoms. The molecule has 0 saturated carbocycles. The second-order valence-electron chi connectivity index (χ2n) is 3.36. The van der Waals surface area contributed by atoms with Gasteiger partial charge in [0.25, 0.3) is 0 Å². The summed E-state index contributed by atoms with van der Waals surface area (Å²) in [6.07, 6.45) is 1.04. The summed E-state index contributed by atoms with van der Waals surface area (Å²) in [4.78, 5) is 10.3. The van der Waals surface area contributed by atoms with Gasteiger partial charge in [-0.1, -0.05) is 6.58 Å². The van der Waals surface area contributed by atoms with Crippen LogP contribution in [0.25, 0.3) is 0 Å². The molecular formula is C9H14O3. The zero-order valence-electron chi connectivity index (χ0n) is 7.50. The maximum Gasteiger partial charge on any atom is 0.164 e. The Balaban J connectivity index is 2.59. The summed E-state index contributed by atoms with van der Waals surface area (Å²) in [6, 6.07) is 0. The normalized spacial score (nSPS) is 28.5. The fourth-order valence-electron chi connectivity index (χ4n) is 1.12. The quantitative estimate of drug-likeness (QED) is 0.462. The van der Waals surface area contributed by atoms with Gasteiger partial charge in [0.05, 0.1) is 12.7 Å². The van der Waals surface area contributed by atoms with Crippen molar-refractivity contribution in [3.05, 3.63) is 12.2 Å². The molecule has 0 N–H and O–H groups in total. The van der Waals surface area contributed by atoms with Crippen LogP contribution in [0.2, 0.25) is 0 Å². The van der Waals surface area contributed by atoms with E-state index in [4.69, 9.17) is 9.47 Å². The Morgan fingerprint density at radius 3 is 3.00 bits per heavy atom. The number of carbonyl (C=O) groups is 1. The van der Waals surface area contributed by atoms with Crippen molar-refractivity contribution in [2.45, 2.75) is 32.2 Å². The molecule has 3 heteroatoms. The van der Waals surface area contributed by atoms with Crippen LogP contribution in [0.15, 0.2) is 12.2 Å². The molecule has 0 radical (unpaired) electrons. The highest BCUT2D eigenvalue weighted by Gasteiger charge is 2.31. The molecule has 0 aromatic heterocycles. The summed E-state index contributed by atoms with van der Waals surface area (Å²) in [6.45, 7) is 7.91. The van der Waals surface area contributed by atoms with Crippen molar-refractivity contribution in [3.8, 4) is 0 Å². The van der Waals surface area contributed by atoms with E-state index >= 15 is 0 Å². The van der Waals surface area contributed by atoms with Gasteiger partial charge in [-0.15, -0.1) is 0 Å². The van der Waals surface area contributed by atoms with Crippen molar-refractivity contribution < 1.29 is 14.3 Å². The van der Waals surface area contributed by atoms with Gasteiger partial charge in [0, 0.05) is 6.42 Å². The van der Waals surface area contributed by atoms with Gasteiger partial charge < -0.3 is 14.3 Å². The molecule has 0 aliphatic carbocycles. The summed E-state index contributed by atoms with van der Waals surface area (Å²) >= 11 is 0. The third-order valence-corrected chi connectivity index (χ3v) is 1.80. The van der Waals surface area contributed by atoms with Gasteiger partial charge in [0.2, 0.25) is 0 Å². The highest BCUT2D eigenvalue weighted by atomic mass is 16.7. The molecule has 1 aliphatic heterocycles. The molecule has 0 amide bonds. The number of hydrogen-bond donors (Lipinski definition) is 0. The van der Waals surface area contributed by atoms with E-state index in [1.54, 1.807) is 0 Å². The van der Waals surface area contributed by atoms with Crippen molar-refractivity contribution in [1.82, 2.24) is 0 Å². The Hall–Kier alpha value is -0.670. The van der Waals surface area contributed by atoms with Crippen LogP contribution in [0.3, 0.4) is 0 Å². The molecule has 1 saturated heterocycles. The minimum absolute atomic E-state index is 0.175. The molecule has 1 heterocycles. The van der Waals surface area contributed by atoms with Crippen LogP contribution in [-0.2, 0) is 14.3 Å². The summed E-state index contributed by atoms with van der Waals surface area (Å²) < 4.78 is 10.8. The zero-order chi connectivity index (χ0) is 9.19. The maximum absolute atomic E-state index is 10.3. The third kappa shape index (κ3) is 2.16. The van der Waals surface area contributed by atoms with Crippen LogP contribution >= 0.6 is 0 Å². The first-order valence-electron chi connectivity index (χ1n) is 3.98. The fraction of sp³-hybridized carbons (Fsp3) is 0.667. The van der Waals surface area contributed by atoms with E-state index in [9.17, 15) is 4.79 Å². The molecule has 1 atom stereocenters. The van der Waals surface area contributed by atoms with Gasteiger partial charge >= 0.3 is 0 Å². The van der Waals surface area contributed by atoms with Crippen LogP contribution in [0.5, 0.6) is 0 Å². The highest BCUT2D eigenvalue weighted by molar-refractivity contribution is 5.51. The second-order valence-corrected chi connectivity index (χ2v) is 3.36. The SMILES string of the molecule is C=C1COC(C)(C)O[C@H]1CC=O. The Morgan fingerprint density at radius 1 is 1.75 bits per heavy atom. The second kappa shape index (κ2) is 3.37. The monoisotopic (exact) mass is 170 g/mol. The van der Waals surface area contributed by atoms with Crippen molar-refractivity contribution in [1.29, 1.82) is 0 Å². The van der Waals surface area contributed by atoms with Crippen molar-refractivity contribution in [2.75, 3.05) is 6.61 Å². The van der Waals surface area contributed by atoms with Gasteiger partial charge in [-0.3, -0.25) is 0 Å². The zero-order valence-corrected chi connectivity index (χ0v) is 7.50. The molecule has 0 spiro atoms. The first-order chi connectivity index (χ1) is 5.55. The summed E-state index contributed by atoms with van der Waals surface area (Å²) in [7, 11) is 0. The molecule has 12 heavy (non-hydrogen) atoms. The summed E-state index contributed by atoms with van der Waals surface area (Å²) in [5, 5.41) is 0. The molecular weight excluding hydrogens is 156 g/mol. The van der Waals surface area contributed by atoms with E-state index in [-0.39, 0.29) is 6.10 Å². The van der Waals surface area contributed by atoms with Crippen LogP contribution in [0.4, 0.5) is 0 Å². The van der Waals surface area contributed by atoms with Crippen LogP contribution in [-0.4, -0.2) is 24.8 Å². The lowest BCUT2D eigenvalue weighted by atomic mass is 10.1. The molecule has 3 nitrogen and oxygen atoms in total. The van der Waals surface area contributed by atoms with E-state index in [0.717, 1.165) is 11.9 Å². The average molecular weight is 170 g/mol. The lowest BCUT2D eigenvalue weighted by Crippen LogP contribution is -2.41. The molecule has 1 rings (SSSR count). The number of aldehydes is 1. The van der Waals surface area contributed by atoms with Gasteiger partial charge in [0.15, 0.2) is 5.79 Å². The highest BCUT2D eigenvalue weighted by Crippen LogP contribution is 2.25. The van der Waals surface area contributed by atoms with Gasteiger partial charge in [-0.05, 0) is 19.4 Å². The molecule has 68 valence electrons. The standard InChI is InChI=1S/C9H14O3/c1-7-6-11-9(2,3)12-8(7)4-5-10/h5,8H,1,4,6H2,2-3H3/t8-/m0/s1. The van der Waals surface area contributed by atoms with Gasteiger partial charge in [-0.25, -0.2) is 0 Å². The first kappa shape index (κ1) is 9.42. The molecule has 0 aromatic rings. The largest absolute Gasteiger partial charge is 0.346 e. The maximum atomic E-state index is 10.3. The molecule has 1 fully saturated rings. The summed E-state index contributed by atoms with van der Waals surface area (Å²) in [5.74, 6) is -0.588. The lowest BCUT2D eigenvalue weighted by Gasteiger charge is -2.36. The van der Waals surface area contributed by atoms with E-state index in [1.807, 2.05) is 13.8 Å². The van der Waals surface area contributed by atoms with Gasteiger partial charge in [-0.2, -0.15) is 0 Å². The molecule has 1 aliphatic rings. The van der Waals surface area contributed by atoms with Crippen molar-refractivity contribution in [2.24, 2.45) is 0 Å². The van der Waals surface area contributed by atoms with Gasteiger partial charge in [0.1, 0.15) is 6.29 Å². The Kier molecular flexibility index (Phi) is 2.65. The topological polar surface area (TPSA) is 35.5 Å². The minimum atomic E-state index is -0.588. The predicted octanol–water partition coefficient (Wildman–Crippen LogP) is 1.28. The fourth-order valence-corrected chi connectivity index (χ4v) is 1.12. The average Bonchev–Trinajstić information content (AvgIpc) is 1.97. The lowest BCUT2D eigenvalue weighted by molar-refractivity contribution is -0.251. The Bertz CT molecular complexity index is 196. The Labute approximate surface area is 72.4 Å². The Morgan fingerprint density at radius 2 is 2.42 bits per heavy atom. The van der Waals surface area contributed by atoms with Crippen molar-refractivity contribution in [3.63, 3.8) is 0 Å². The predicted molar refractivity (Wildman–Crippen MR) is 44.7 cm³/mol. The van der Waals surface area contributed by atoms with E-state index in [0.29, 0.717) is 13.0 Å². The smallest absolute Gasteiger partial charge is 0.164 e. The number of rotatable bonds is 2. The van der Waals surface area contributed by atoms with E-state index in [1.165, 1.54) is 0 Å². The number of hydrogen-bond acceptors (Lipinski definition) is 3. The van der Waals surface area contributed by atoms with E-state index < -0.39 is 5.79 Å². The van der Waals surface area contributed by atoms with Crippen LogP contribution in [0, 0.1) is 0 Å². The number of carbonyl (C=O) groups excluding carboxylic acids is 1. The summed E-state index contributed by atoms with van der Waals surface area (Å²) in [5.41, 5.74) is 0.835. The van der Waals surface area contributed by atoms with E-state index in [2.05, 4.69) is 6.58 Å². The molecule has 0 unspecified atom stereocenters. The minimum Gasteiger partial charge on any atom is -0.346 e. The van der Waals surface area contributed by atoms with Crippen molar-refractivity contribution >= 4 is 6.29 Å². The first-order valence-corrected chi connectivity index (χ1v) is 3.98.